The van der Waals surface area contributed by atoms with Gasteiger partial charge in [0.2, 0.25) is 0 Å². The monoisotopic (exact) mass is 381 g/mol. The van der Waals surface area contributed by atoms with Crippen molar-refractivity contribution in [3.8, 4) is 23.0 Å². The molecule has 0 atom stereocenters. The fourth-order valence-electron chi connectivity index (χ4n) is 1.94. The highest BCUT2D eigenvalue weighted by atomic mass is 35.5. The standard InChI is InChI=1S/C18H20BCl2O4/c1-11(2)22-17-7-5-13(9-15(17)20)24-19-25-14-6-8-18(16(21)10-14)23-12(3)4/h5-12H,1-4H3. The lowest BCUT2D eigenvalue weighted by atomic mass is 10.2. The minimum atomic E-state index is 0.0477. The van der Waals surface area contributed by atoms with Crippen LogP contribution in [0, 0.1) is 0 Å². The Hall–Kier alpha value is -1.72. The normalized spacial score (nSPS) is 10.7. The van der Waals surface area contributed by atoms with Gasteiger partial charge in [-0.3, -0.25) is 0 Å². The number of ether oxygens (including phenoxy) is 2. The van der Waals surface area contributed by atoms with Crippen LogP contribution >= 0.6 is 23.2 Å². The lowest BCUT2D eigenvalue weighted by molar-refractivity contribution is 0.242. The van der Waals surface area contributed by atoms with Crippen molar-refractivity contribution >= 4 is 30.9 Å². The predicted octanol–water partition coefficient (Wildman–Crippen LogP) is 5.56. The molecular weight excluding hydrogens is 362 g/mol. The molecule has 0 N–H and O–H groups in total. The Kier molecular flexibility index (Phi) is 7.15. The van der Waals surface area contributed by atoms with Gasteiger partial charge in [-0.1, -0.05) is 23.2 Å². The second-order valence-electron chi connectivity index (χ2n) is 5.85. The van der Waals surface area contributed by atoms with E-state index >= 15 is 0 Å². The van der Waals surface area contributed by atoms with Crippen LogP contribution in [0.5, 0.6) is 23.0 Å². The molecule has 25 heavy (non-hydrogen) atoms. The molecule has 2 aromatic rings. The summed E-state index contributed by atoms with van der Waals surface area (Å²) in [5.74, 6) is 2.29. The first-order valence-corrected chi connectivity index (χ1v) is 8.68. The van der Waals surface area contributed by atoms with Crippen LogP contribution in [0.2, 0.25) is 10.0 Å². The largest absolute Gasteiger partial charge is 0.658 e. The summed E-state index contributed by atoms with van der Waals surface area (Å²) >= 11 is 12.3. The Morgan fingerprint density at radius 2 is 1.12 bits per heavy atom. The molecule has 0 aliphatic carbocycles. The lowest BCUT2D eigenvalue weighted by Gasteiger charge is -2.13. The Morgan fingerprint density at radius 3 is 1.44 bits per heavy atom. The molecule has 133 valence electrons. The number of halogens is 2. The van der Waals surface area contributed by atoms with Gasteiger partial charge in [0.15, 0.2) is 0 Å². The van der Waals surface area contributed by atoms with Gasteiger partial charge < -0.3 is 18.8 Å². The summed E-state index contributed by atoms with van der Waals surface area (Å²) < 4.78 is 22.0. The molecule has 1 radical (unpaired) electrons. The van der Waals surface area contributed by atoms with E-state index in [9.17, 15) is 0 Å². The van der Waals surface area contributed by atoms with E-state index in [1.54, 1.807) is 36.4 Å². The maximum atomic E-state index is 6.16. The first-order valence-electron chi connectivity index (χ1n) is 7.92. The molecule has 4 nitrogen and oxygen atoms in total. The van der Waals surface area contributed by atoms with E-state index in [0.29, 0.717) is 33.0 Å². The van der Waals surface area contributed by atoms with Crippen molar-refractivity contribution in [2.45, 2.75) is 39.9 Å². The molecule has 0 saturated carbocycles. The molecule has 0 saturated heterocycles. The number of hydrogen-bond acceptors (Lipinski definition) is 4. The highest BCUT2D eigenvalue weighted by Gasteiger charge is 2.09. The van der Waals surface area contributed by atoms with E-state index in [1.165, 1.54) is 7.69 Å². The summed E-state index contributed by atoms with van der Waals surface area (Å²) in [7, 11) is 1.21. The molecule has 0 bridgehead atoms. The van der Waals surface area contributed by atoms with E-state index in [0.717, 1.165) is 0 Å². The molecule has 0 aliphatic heterocycles. The van der Waals surface area contributed by atoms with Crippen LogP contribution in [0.25, 0.3) is 0 Å². The number of rotatable bonds is 8. The average molecular weight is 382 g/mol. The smallest absolute Gasteiger partial charge is 0.526 e. The topological polar surface area (TPSA) is 36.9 Å². The first kappa shape index (κ1) is 19.6. The van der Waals surface area contributed by atoms with E-state index in [1.807, 2.05) is 27.7 Å². The van der Waals surface area contributed by atoms with Crippen molar-refractivity contribution in [3.05, 3.63) is 46.4 Å². The lowest BCUT2D eigenvalue weighted by Crippen LogP contribution is -2.11. The van der Waals surface area contributed by atoms with Gasteiger partial charge in [0.05, 0.1) is 22.3 Å². The first-order chi connectivity index (χ1) is 11.8. The Balaban J connectivity index is 1.90. The third-order valence-corrected chi connectivity index (χ3v) is 3.49. The van der Waals surface area contributed by atoms with Crippen LogP contribution in [0.1, 0.15) is 27.7 Å². The zero-order valence-corrected chi connectivity index (χ0v) is 16.1. The SMILES string of the molecule is CC(C)Oc1ccc(O[B]Oc2ccc(OC(C)C)c(Cl)c2)cc1Cl. The van der Waals surface area contributed by atoms with Gasteiger partial charge >= 0.3 is 7.69 Å². The van der Waals surface area contributed by atoms with Crippen molar-refractivity contribution in [1.82, 2.24) is 0 Å². The van der Waals surface area contributed by atoms with Gasteiger partial charge in [-0.15, -0.1) is 0 Å². The molecule has 2 aromatic carbocycles. The Bertz CT molecular complexity index is 648. The van der Waals surface area contributed by atoms with Crippen LogP contribution in [-0.4, -0.2) is 19.9 Å². The Morgan fingerprint density at radius 1 is 0.720 bits per heavy atom. The van der Waals surface area contributed by atoms with Gasteiger partial charge in [-0.25, -0.2) is 0 Å². The van der Waals surface area contributed by atoms with Gasteiger partial charge in [-0.05, 0) is 52.0 Å². The molecule has 2 rings (SSSR count). The second kappa shape index (κ2) is 9.11. The molecule has 0 unspecified atom stereocenters. The summed E-state index contributed by atoms with van der Waals surface area (Å²) in [6, 6.07) is 10.3. The molecule has 0 heterocycles. The van der Waals surface area contributed by atoms with Gasteiger partial charge in [0.1, 0.15) is 23.0 Å². The van der Waals surface area contributed by atoms with Crippen molar-refractivity contribution in [3.63, 3.8) is 0 Å². The maximum Gasteiger partial charge on any atom is 0.658 e. The summed E-state index contributed by atoms with van der Waals surface area (Å²) in [5, 5.41) is 0.940. The van der Waals surface area contributed by atoms with Crippen molar-refractivity contribution in [2.75, 3.05) is 0 Å². The fraction of sp³-hybridized carbons (Fsp3) is 0.333. The molecule has 0 aromatic heterocycles. The molecule has 0 spiro atoms. The molecular formula is C18H20BCl2O4. The zero-order chi connectivity index (χ0) is 18.4. The van der Waals surface area contributed by atoms with Crippen molar-refractivity contribution < 1.29 is 18.8 Å². The van der Waals surface area contributed by atoms with Crippen LogP contribution in [0.4, 0.5) is 0 Å². The van der Waals surface area contributed by atoms with Gasteiger partial charge in [-0.2, -0.15) is 0 Å². The zero-order valence-electron chi connectivity index (χ0n) is 14.6. The fourth-order valence-corrected chi connectivity index (χ4v) is 2.37. The van der Waals surface area contributed by atoms with E-state index in [2.05, 4.69) is 0 Å². The number of hydrogen-bond donors (Lipinski definition) is 0. The predicted molar refractivity (Wildman–Crippen MR) is 101 cm³/mol. The number of benzene rings is 2. The molecule has 0 amide bonds. The van der Waals surface area contributed by atoms with Crippen LogP contribution in [-0.2, 0) is 0 Å². The van der Waals surface area contributed by atoms with Gasteiger partial charge in [0, 0.05) is 12.1 Å². The average Bonchev–Trinajstić information content (AvgIpc) is 2.52. The van der Waals surface area contributed by atoms with E-state index < -0.39 is 0 Å². The molecule has 7 heteroatoms. The van der Waals surface area contributed by atoms with Crippen LogP contribution in [0.3, 0.4) is 0 Å². The van der Waals surface area contributed by atoms with Gasteiger partial charge in [0.25, 0.3) is 0 Å². The highest BCUT2D eigenvalue weighted by molar-refractivity contribution is 6.32. The summed E-state index contributed by atoms with van der Waals surface area (Å²) in [6.07, 6.45) is 0.0955. The van der Waals surface area contributed by atoms with E-state index in [-0.39, 0.29) is 12.2 Å². The summed E-state index contributed by atoms with van der Waals surface area (Å²) in [4.78, 5) is 0. The Labute approximate surface area is 159 Å². The van der Waals surface area contributed by atoms with Crippen molar-refractivity contribution in [2.24, 2.45) is 0 Å². The highest BCUT2D eigenvalue weighted by Crippen LogP contribution is 2.31. The third kappa shape index (κ3) is 6.26. The van der Waals surface area contributed by atoms with E-state index in [4.69, 9.17) is 42.0 Å². The van der Waals surface area contributed by atoms with Crippen LogP contribution < -0.4 is 18.8 Å². The summed E-state index contributed by atoms with van der Waals surface area (Å²) in [6.45, 7) is 7.74. The minimum Gasteiger partial charge on any atom is -0.526 e. The summed E-state index contributed by atoms with van der Waals surface area (Å²) in [5.41, 5.74) is 0. The second-order valence-corrected chi connectivity index (χ2v) is 6.66. The van der Waals surface area contributed by atoms with Crippen LogP contribution in [0.15, 0.2) is 36.4 Å². The van der Waals surface area contributed by atoms with Crippen molar-refractivity contribution in [1.29, 1.82) is 0 Å². The molecule has 0 aliphatic rings. The molecule has 0 fully saturated rings. The third-order valence-electron chi connectivity index (χ3n) is 2.90. The maximum absolute atomic E-state index is 6.16. The minimum absolute atomic E-state index is 0.0477. The quantitative estimate of drug-likeness (QED) is 0.561.